The molecule has 0 unspecified atom stereocenters. The predicted octanol–water partition coefficient (Wildman–Crippen LogP) is -1.24. The Hall–Kier alpha value is 1.28. The zero-order valence-corrected chi connectivity index (χ0v) is 11.2. The van der Waals surface area contributed by atoms with Crippen molar-refractivity contribution in [1.82, 2.24) is 0 Å². The van der Waals surface area contributed by atoms with E-state index in [2.05, 4.69) is 0 Å². The molecule has 7 heavy (non-hydrogen) atoms. The maximum absolute atomic E-state index is 8.39. The van der Waals surface area contributed by atoms with Gasteiger partial charge in [0.2, 0.25) is 0 Å². The van der Waals surface area contributed by atoms with Crippen LogP contribution in [0.3, 0.4) is 0 Å². The zero-order valence-electron chi connectivity index (χ0n) is 3.34. The van der Waals surface area contributed by atoms with Crippen LogP contribution < -0.4 is 0 Å². The molecule has 0 fully saturated rings. The third-order valence-electron chi connectivity index (χ3n) is 0. The quantitative estimate of drug-likeness (QED) is 0.503. The van der Waals surface area contributed by atoms with Gasteiger partial charge in [-0.15, -0.1) is 0 Å². The summed E-state index contributed by atoms with van der Waals surface area (Å²) < 4.78 is 16.4. The standard InChI is InChI=1S/OSi.3O.Pb.Zn/c1-2;;;;;/q+2;;2*-2;;+2. The van der Waals surface area contributed by atoms with Gasteiger partial charge in [-0.05, 0) is 0 Å². The molecular weight excluding hydrogens is 365 g/mol. The molecule has 0 atom stereocenters. The molecule has 7 heteroatoms. The SMILES string of the molecule is O=[Si+2].[O-2].[O-2].[O]=[Pb].[Zn+2]. The van der Waals surface area contributed by atoms with Crippen LogP contribution in [0.15, 0.2) is 0 Å². The molecule has 34 valence electrons. The number of rotatable bonds is 0. The first kappa shape index (κ1) is 40.8. The normalized spacial score (nSPS) is 1.43. The first-order valence-corrected chi connectivity index (χ1v) is 2.40. The fourth-order valence-corrected chi connectivity index (χ4v) is 0. The molecule has 4 nitrogen and oxygen atoms in total. The molecule has 0 aliphatic rings. The number of hydrogen-bond donors (Lipinski definition) is 0. The maximum Gasteiger partial charge on any atom is 2.00 e. The van der Waals surface area contributed by atoms with Gasteiger partial charge >= 0.3 is 62.5 Å². The van der Waals surface area contributed by atoms with Gasteiger partial charge in [0.1, 0.15) is 0 Å². The summed E-state index contributed by atoms with van der Waals surface area (Å²) in [6.45, 7) is 0. The minimum Gasteiger partial charge on any atom is 2.00 e. The molecule has 0 saturated heterocycles. The van der Waals surface area contributed by atoms with E-state index in [0.717, 1.165) is 0 Å². The molecule has 0 N–H and O–H groups in total. The van der Waals surface area contributed by atoms with E-state index in [1.54, 1.807) is 10.1 Å². The van der Waals surface area contributed by atoms with E-state index in [4.69, 9.17) is 7.15 Å². The van der Waals surface area contributed by atoms with Crippen LogP contribution in [-0.4, -0.2) is 35.9 Å². The molecule has 0 aromatic rings. The fourth-order valence-electron chi connectivity index (χ4n) is 0. The second-order valence-corrected chi connectivity index (χ2v) is 0. The van der Waals surface area contributed by atoms with Crippen molar-refractivity contribution in [2.45, 2.75) is 0 Å². The van der Waals surface area contributed by atoms with Gasteiger partial charge < -0.3 is 11.0 Å². The van der Waals surface area contributed by atoms with E-state index in [-0.39, 0.29) is 56.2 Å². The van der Waals surface area contributed by atoms with Crippen LogP contribution in [0.5, 0.6) is 0 Å². The molecule has 2 radical (unpaired) electrons. The van der Waals surface area contributed by atoms with E-state index >= 15 is 0 Å². The van der Waals surface area contributed by atoms with Crippen molar-refractivity contribution in [2.24, 2.45) is 0 Å². The van der Waals surface area contributed by atoms with Gasteiger partial charge in [0.15, 0.2) is 0 Å². The number of hydrogen-bond acceptors (Lipinski definition) is 2. The van der Waals surface area contributed by atoms with E-state index < -0.39 is 0 Å². The van der Waals surface area contributed by atoms with Gasteiger partial charge in [-0.2, -0.15) is 0 Å². The Morgan fingerprint density at radius 2 is 1.00 bits per heavy atom. The zero-order chi connectivity index (χ0) is 4.00. The van der Waals surface area contributed by atoms with Crippen LogP contribution in [-0.2, 0) is 37.6 Å². The summed E-state index contributed by atoms with van der Waals surface area (Å²) in [4.78, 5) is 0. The van der Waals surface area contributed by atoms with Crippen molar-refractivity contribution in [3.8, 4) is 0 Å². The summed E-state index contributed by atoms with van der Waals surface area (Å²) in [5, 5.41) is 0. The molecule has 0 saturated carbocycles. The third kappa shape index (κ3) is 124. The summed E-state index contributed by atoms with van der Waals surface area (Å²) in [7, 11) is 1.72. The monoisotopic (exact) mass is 364 g/mol. The second kappa shape index (κ2) is 175. The summed E-state index contributed by atoms with van der Waals surface area (Å²) >= 11 is 0.0556. The van der Waals surface area contributed by atoms with Crippen molar-refractivity contribution in [2.75, 3.05) is 0 Å². The van der Waals surface area contributed by atoms with Crippen molar-refractivity contribution in [1.29, 1.82) is 0 Å². The van der Waals surface area contributed by atoms with Crippen molar-refractivity contribution >= 4 is 35.9 Å². The Morgan fingerprint density at radius 3 is 1.00 bits per heavy atom. The Balaban J connectivity index is -0.00000000267. The average Bonchev–Trinajstić information content (AvgIpc) is 1.50. The molecule has 0 amide bonds. The van der Waals surface area contributed by atoms with Crippen LogP contribution in [0.4, 0.5) is 0 Å². The molecule has 0 rings (SSSR count). The molecule has 0 aromatic heterocycles. The minimum atomic E-state index is 0. The Labute approximate surface area is 73.1 Å². The van der Waals surface area contributed by atoms with Crippen molar-refractivity contribution < 1.29 is 37.6 Å². The summed E-state index contributed by atoms with van der Waals surface area (Å²) in [5.74, 6) is 0. The maximum atomic E-state index is 8.39. The van der Waals surface area contributed by atoms with Crippen molar-refractivity contribution in [3.63, 3.8) is 0 Å². The van der Waals surface area contributed by atoms with Gasteiger partial charge in [0.25, 0.3) is 0 Å². The molecule has 0 aliphatic heterocycles. The Morgan fingerprint density at radius 1 is 1.00 bits per heavy atom. The fraction of sp³-hybridized carbons (Fsp3) is 0. The first-order valence-electron chi connectivity index (χ1n) is 0.408. The van der Waals surface area contributed by atoms with Gasteiger partial charge in [0, 0.05) is 0 Å². The van der Waals surface area contributed by atoms with E-state index in [1.807, 2.05) is 0 Å². The molecule has 0 bridgehead atoms. The average molecular weight is 365 g/mol. The summed E-state index contributed by atoms with van der Waals surface area (Å²) in [6, 6.07) is 0. The first-order chi connectivity index (χ1) is 2.00. The Bertz CT molecular complexity index is 13.7. The molecule has 0 aromatic carbocycles. The molecular formula is O4PbSiZn. The third-order valence-corrected chi connectivity index (χ3v) is 0. The molecule has 0 spiro atoms. The van der Waals surface area contributed by atoms with E-state index in [9.17, 15) is 0 Å². The van der Waals surface area contributed by atoms with E-state index in [1.165, 1.54) is 0 Å². The van der Waals surface area contributed by atoms with Gasteiger partial charge in [0.05, 0.1) is 0 Å². The van der Waals surface area contributed by atoms with E-state index in [0.29, 0.717) is 0 Å². The second-order valence-electron chi connectivity index (χ2n) is 0. The van der Waals surface area contributed by atoms with Crippen LogP contribution in [0, 0.1) is 0 Å². The minimum absolute atomic E-state index is 0. The predicted molar refractivity (Wildman–Crippen MR) is 14.3 cm³/mol. The summed E-state index contributed by atoms with van der Waals surface area (Å²) in [6.07, 6.45) is 0. The van der Waals surface area contributed by atoms with Gasteiger partial charge in [-0.1, -0.05) is 0 Å². The van der Waals surface area contributed by atoms with Crippen LogP contribution in [0.25, 0.3) is 0 Å². The largest absolute Gasteiger partial charge is 2.00 e. The Kier molecular flexibility index (Phi) is 1020. The van der Waals surface area contributed by atoms with Crippen LogP contribution >= 0.6 is 0 Å². The van der Waals surface area contributed by atoms with Gasteiger partial charge in [-0.25, -0.2) is 0 Å². The topological polar surface area (TPSA) is 91.1 Å². The summed E-state index contributed by atoms with van der Waals surface area (Å²) in [5.41, 5.74) is 0. The van der Waals surface area contributed by atoms with Crippen LogP contribution in [0.2, 0.25) is 0 Å². The molecule has 0 aliphatic carbocycles. The molecule has 0 heterocycles. The van der Waals surface area contributed by atoms with Gasteiger partial charge in [-0.3, -0.25) is 0 Å². The van der Waals surface area contributed by atoms with Crippen molar-refractivity contribution in [3.05, 3.63) is 0 Å². The van der Waals surface area contributed by atoms with Crippen LogP contribution in [0.1, 0.15) is 0 Å². The smallest absolute Gasteiger partial charge is 2.00 e.